The van der Waals surface area contributed by atoms with E-state index in [4.69, 9.17) is 0 Å². The van der Waals surface area contributed by atoms with Gasteiger partial charge in [0.25, 0.3) is 17.7 Å². The van der Waals surface area contributed by atoms with Crippen LogP contribution in [0.3, 0.4) is 0 Å². The fourth-order valence-electron chi connectivity index (χ4n) is 3.43. The van der Waals surface area contributed by atoms with Crippen molar-refractivity contribution < 1.29 is 23.6 Å². The van der Waals surface area contributed by atoms with Gasteiger partial charge in [0.15, 0.2) is 0 Å². The van der Waals surface area contributed by atoms with E-state index in [0.717, 1.165) is 17.4 Å². The zero-order valence-corrected chi connectivity index (χ0v) is 18.4. The van der Waals surface area contributed by atoms with Crippen molar-refractivity contribution in [3.05, 3.63) is 82.0 Å². The van der Waals surface area contributed by atoms with Crippen LogP contribution in [0.5, 0.6) is 0 Å². The Morgan fingerprint density at radius 2 is 1.76 bits per heavy atom. The maximum atomic E-state index is 13.4. The number of carbonyl (C=O) groups excluding carboxylic acids is 4. The quantitative estimate of drug-likeness (QED) is 0.429. The van der Waals surface area contributed by atoms with Crippen LogP contribution in [0.15, 0.2) is 54.6 Å². The number of rotatable bonds is 5. The van der Waals surface area contributed by atoms with Crippen LogP contribution in [0.4, 0.5) is 19.9 Å². The van der Waals surface area contributed by atoms with E-state index in [1.165, 1.54) is 18.2 Å². The highest BCUT2D eigenvalue weighted by Gasteiger charge is 2.43. The number of imide groups is 1. The second kappa shape index (κ2) is 8.47. The van der Waals surface area contributed by atoms with E-state index in [0.29, 0.717) is 26.7 Å². The van der Waals surface area contributed by atoms with Crippen molar-refractivity contribution in [2.75, 3.05) is 10.6 Å². The molecular weight excluding hydrogens is 447 g/mol. The predicted molar refractivity (Wildman–Crippen MR) is 122 cm³/mol. The van der Waals surface area contributed by atoms with Crippen molar-refractivity contribution >= 4 is 45.8 Å². The van der Waals surface area contributed by atoms with E-state index in [-0.39, 0.29) is 5.56 Å². The highest BCUT2D eigenvalue weighted by atomic mass is 32.1. The number of hydrogen-bond acceptors (Lipinski definition) is 5. The van der Waals surface area contributed by atoms with Gasteiger partial charge in [-0.2, -0.15) is 0 Å². The van der Waals surface area contributed by atoms with E-state index in [1.807, 2.05) is 0 Å². The first kappa shape index (κ1) is 22.2. The average molecular weight is 466 g/mol. The molecule has 4 N–H and O–H groups in total. The lowest BCUT2D eigenvalue weighted by Gasteiger charge is -2.21. The fraction of sp³-hybridized carbons (Fsp3) is 0.130. The first-order valence-corrected chi connectivity index (χ1v) is 10.7. The molecule has 1 saturated heterocycles. The van der Waals surface area contributed by atoms with Gasteiger partial charge < -0.3 is 16.0 Å². The lowest BCUT2D eigenvalue weighted by molar-refractivity contribution is -0.123. The summed E-state index contributed by atoms with van der Waals surface area (Å²) in [4.78, 5) is 49.3. The molecular formula is C23H19FN4O4S. The Bertz CT molecular complexity index is 1310. The topological polar surface area (TPSA) is 116 Å². The molecule has 168 valence electrons. The lowest BCUT2D eigenvalue weighted by Crippen LogP contribution is -2.40. The third kappa shape index (κ3) is 4.46. The maximum absolute atomic E-state index is 13.4. The Hall–Kier alpha value is -4.05. The molecule has 2 heterocycles. The number of nitrogens with one attached hydrogen (secondary N) is 4. The highest BCUT2D eigenvalue weighted by molar-refractivity contribution is 7.18. The minimum atomic E-state index is -1.25. The molecule has 10 heteroatoms. The van der Waals surface area contributed by atoms with Crippen LogP contribution in [0.1, 0.15) is 38.1 Å². The zero-order chi connectivity index (χ0) is 23.8. The Balaban J connectivity index is 1.50. The summed E-state index contributed by atoms with van der Waals surface area (Å²) in [6, 6.07) is 13.0. The summed E-state index contributed by atoms with van der Waals surface area (Å²) in [6.45, 7) is 3.31. The van der Waals surface area contributed by atoms with Gasteiger partial charge in [-0.25, -0.2) is 9.18 Å². The molecule has 0 radical (unpaired) electrons. The van der Waals surface area contributed by atoms with Crippen LogP contribution in [0.2, 0.25) is 0 Å². The number of halogens is 1. The summed E-state index contributed by atoms with van der Waals surface area (Å²) in [5.41, 5.74) is 0.517. The van der Waals surface area contributed by atoms with Crippen molar-refractivity contribution in [1.82, 2.24) is 10.6 Å². The van der Waals surface area contributed by atoms with Gasteiger partial charge in [-0.1, -0.05) is 18.2 Å². The molecule has 8 nitrogen and oxygen atoms in total. The zero-order valence-electron chi connectivity index (χ0n) is 17.6. The van der Waals surface area contributed by atoms with Gasteiger partial charge in [0.2, 0.25) is 0 Å². The lowest BCUT2D eigenvalue weighted by atomic mass is 9.92. The Labute approximate surface area is 192 Å². The monoisotopic (exact) mass is 466 g/mol. The van der Waals surface area contributed by atoms with E-state index >= 15 is 0 Å². The summed E-state index contributed by atoms with van der Waals surface area (Å²) < 4.78 is 13.4. The van der Waals surface area contributed by atoms with Crippen LogP contribution in [0.25, 0.3) is 0 Å². The molecule has 1 atom stereocenters. The number of thiophene rings is 1. The molecule has 33 heavy (non-hydrogen) atoms. The first-order valence-electron chi connectivity index (χ1n) is 9.88. The molecule has 0 bridgehead atoms. The summed E-state index contributed by atoms with van der Waals surface area (Å²) in [7, 11) is 0. The van der Waals surface area contributed by atoms with E-state index < -0.39 is 35.1 Å². The first-order chi connectivity index (χ1) is 15.7. The normalized spacial score (nSPS) is 17.3. The van der Waals surface area contributed by atoms with Crippen LogP contribution < -0.4 is 21.3 Å². The fourth-order valence-corrected chi connectivity index (χ4v) is 4.39. The second-order valence-electron chi connectivity index (χ2n) is 7.66. The third-order valence-electron chi connectivity index (χ3n) is 5.19. The number of aryl methyl sites for hydroxylation is 1. The minimum absolute atomic E-state index is 0.167. The van der Waals surface area contributed by atoms with E-state index in [2.05, 4.69) is 21.3 Å². The summed E-state index contributed by atoms with van der Waals surface area (Å²) in [5, 5.41) is 10.7. The molecule has 2 aromatic carbocycles. The average Bonchev–Trinajstić information content (AvgIpc) is 3.26. The number of urea groups is 1. The molecule has 1 aromatic heterocycles. The third-order valence-corrected chi connectivity index (χ3v) is 6.34. The van der Waals surface area contributed by atoms with Gasteiger partial charge in [0, 0.05) is 11.3 Å². The van der Waals surface area contributed by atoms with Crippen molar-refractivity contribution in [2.24, 2.45) is 0 Å². The van der Waals surface area contributed by atoms with Crippen LogP contribution >= 0.6 is 11.3 Å². The van der Waals surface area contributed by atoms with Crippen molar-refractivity contribution in [3.63, 3.8) is 0 Å². The molecule has 0 spiro atoms. The van der Waals surface area contributed by atoms with Gasteiger partial charge in [-0.3, -0.25) is 19.7 Å². The number of amides is 5. The van der Waals surface area contributed by atoms with Gasteiger partial charge >= 0.3 is 6.03 Å². The molecule has 1 aliphatic rings. The number of benzene rings is 2. The van der Waals surface area contributed by atoms with Gasteiger partial charge in [-0.05, 0) is 61.4 Å². The standard InChI is InChI=1S/C23H19FN4O4S/c1-12-9-17(26-19(29)13-5-3-7-15(24)10-13)33-18(12)20(30)25-16-8-4-6-14(11-16)23(2)21(31)27-22(32)28-23/h3-11H,1-2H3,(H,25,30)(H,26,29)(H2,27,28,31,32). The second-order valence-corrected chi connectivity index (χ2v) is 8.71. The predicted octanol–water partition coefficient (Wildman–Crippen LogP) is 3.75. The maximum Gasteiger partial charge on any atom is 0.322 e. The summed E-state index contributed by atoms with van der Waals surface area (Å²) in [5.74, 6) is -1.88. The smallest absolute Gasteiger partial charge is 0.321 e. The highest BCUT2D eigenvalue weighted by Crippen LogP contribution is 2.30. The largest absolute Gasteiger partial charge is 0.322 e. The molecule has 1 fully saturated rings. The molecule has 1 aliphatic heterocycles. The van der Waals surface area contributed by atoms with Crippen molar-refractivity contribution in [2.45, 2.75) is 19.4 Å². The Morgan fingerprint density at radius 1 is 1.00 bits per heavy atom. The number of carbonyl (C=O) groups is 4. The molecule has 1 unspecified atom stereocenters. The molecule has 0 aliphatic carbocycles. The Kier molecular flexibility index (Phi) is 5.69. The van der Waals surface area contributed by atoms with Gasteiger partial charge in [0.05, 0.1) is 9.88 Å². The molecule has 4 rings (SSSR count). The van der Waals surface area contributed by atoms with E-state index in [1.54, 1.807) is 44.2 Å². The van der Waals surface area contributed by atoms with Crippen LogP contribution in [0, 0.1) is 12.7 Å². The van der Waals surface area contributed by atoms with Gasteiger partial charge in [-0.15, -0.1) is 11.3 Å². The molecule has 3 aromatic rings. The molecule has 0 saturated carbocycles. The number of anilines is 2. The summed E-state index contributed by atoms with van der Waals surface area (Å²) >= 11 is 1.08. The number of hydrogen-bond donors (Lipinski definition) is 4. The van der Waals surface area contributed by atoms with Gasteiger partial charge in [0.1, 0.15) is 11.4 Å². The van der Waals surface area contributed by atoms with Crippen LogP contribution in [-0.2, 0) is 10.3 Å². The molecule has 5 amide bonds. The Morgan fingerprint density at radius 3 is 2.45 bits per heavy atom. The SMILES string of the molecule is Cc1cc(NC(=O)c2cccc(F)c2)sc1C(=O)Nc1cccc(C2(C)NC(=O)NC2=O)c1. The summed E-state index contributed by atoms with van der Waals surface area (Å²) in [6.07, 6.45) is 0. The minimum Gasteiger partial charge on any atom is -0.321 e. The van der Waals surface area contributed by atoms with E-state index in [9.17, 15) is 23.6 Å². The van der Waals surface area contributed by atoms with Crippen LogP contribution in [-0.4, -0.2) is 23.8 Å². The van der Waals surface area contributed by atoms with Crippen molar-refractivity contribution in [1.29, 1.82) is 0 Å². The van der Waals surface area contributed by atoms with Crippen molar-refractivity contribution in [3.8, 4) is 0 Å².